The molecule has 0 fully saturated rings. The molecule has 0 atom stereocenters. The van der Waals surface area contributed by atoms with Crippen LogP contribution in [-0.4, -0.2) is 10.2 Å². The van der Waals surface area contributed by atoms with Crippen LogP contribution in [0.25, 0.3) is 11.3 Å². The van der Waals surface area contributed by atoms with Crippen LogP contribution in [0.4, 0.5) is 0 Å². The van der Waals surface area contributed by atoms with Crippen molar-refractivity contribution < 1.29 is 0 Å². The minimum Gasteiger partial charge on any atom is -0.300 e. The van der Waals surface area contributed by atoms with Crippen LogP contribution in [0.1, 0.15) is 5.69 Å². The Hall–Kier alpha value is -1.69. The topological polar surface area (TPSA) is 55.4 Å². The maximum absolute atomic E-state index is 8.54. The highest BCUT2D eigenvalue weighted by Gasteiger charge is 2.08. The highest BCUT2D eigenvalue weighted by atomic mass is 15.1. The van der Waals surface area contributed by atoms with Crippen molar-refractivity contribution in [3.63, 3.8) is 0 Å². The quantitative estimate of drug-likeness (QED) is 0.556. The number of hydrogen-bond acceptors (Lipinski definition) is 1. The zero-order valence-corrected chi connectivity index (χ0v) is 5.18. The van der Waals surface area contributed by atoms with E-state index in [1.165, 1.54) is 0 Å². The number of fused-ring (bicyclic) bond motifs is 1. The Morgan fingerprint density at radius 2 is 2.20 bits per heavy atom. The lowest BCUT2D eigenvalue weighted by Gasteiger charge is -1.80. The molecule has 0 amide bonds. The van der Waals surface area contributed by atoms with Crippen LogP contribution in [0.2, 0.25) is 0 Å². The van der Waals surface area contributed by atoms with Gasteiger partial charge in [0.25, 0.3) is 0 Å². The van der Waals surface area contributed by atoms with Crippen molar-refractivity contribution in [1.29, 1.82) is 5.26 Å². The van der Waals surface area contributed by atoms with Gasteiger partial charge in [-0.05, 0) is 12.1 Å². The molecule has 2 aliphatic rings. The van der Waals surface area contributed by atoms with E-state index in [2.05, 4.69) is 10.2 Å². The Morgan fingerprint density at radius 3 is 3.00 bits per heavy atom. The van der Waals surface area contributed by atoms with Crippen LogP contribution in [0.5, 0.6) is 0 Å². The van der Waals surface area contributed by atoms with E-state index < -0.39 is 0 Å². The van der Waals surface area contributed by atoms with Crippen molar-refractivity contribution in [3.8, 4) is 17.3 Å². The summed E-state index contributed by atoms with van der Waals surface area (Å²) < 4.78 is 0. The first kappa shape index (κ1) is 5.12. The molecule has 0 aromatic heterocycles. The Labute approximate surface area is 57.6 Å². The molecule has 10 heavy (non-hydrogen) atoms. The van der Waals surface area contributed by atoms with E-state index in [1.807, 2.05) is 24.3 Å². The third-order valence-corrected chi connectivity index (χ3v) is 1.52. The van der Waals surface area contributed by atoms with E-state index in [0.717, 1.165) is 11.3 Å². The second-order valence-electron chi connectivity index (χ2n) is 2.09. The van der Waals surface area contributed by atoms with Crippen LogP contribution in [-0.2, 0) is 0 Å². The van der Waals surface area contributed by atoms with E-state index >= 15 is 0 Å². The maximum Gasteiger partial charge on any atom is 0.141 e. The SMILES string of the molecule is N#Cc1[nH][nH]c2cccc1-2. The lowest BCUT2D eigenvalue weighted by Crippen LogP contribution is -1.71. The zero-order valence-electron chi connectivity index (χ0n) is 5.18. The second-order valence-corrected chi connectivity index (χ2v) is 2.09. The summed E-state index contributed by atoms with van der Waals surface area (Å²) in [5, 5.41) is 14.2. The molecule has 2 N–H and O–H groups in total. The van der Waals surface area contributed by atoms with Crippen LogP contribution in [0.15, 0.2) is 18.2 Å². The van der Waals surface area contributed by atoms with Crippen LogP contribution >= 0.6 is 0 Å². The van der Waals surface area contributed by atoms with Gasteiger partial charge < -0.3 is 0 Å². The average Bonchev–Trinajstić information content (AvgIpc) is 2.44. The van der Waals surface area contributed by atoms with Crippen LogP contribution in [0.3, 0.4) is 0 Å². The number of aromatic amines is 2. The standard InChI is InChI=1S/C7H5N3/c8-4-7-5-2-1-3-6(5)9-10-7/h1-3,9-10H. The molecule has 0 saturated heterocycles. The van der Waals surface area contributed by atoms with Crippen molar-refractivity contribution >= 4 is 0 Å². The highest BCUT2D eigenvalue weighted by Crippen LogP contribution is 2.22. The van der Waals surface area contributed by atoms with Gasteiger partial charge in [0.05, 0.1) is 5.69 Å². The molecule has 0 bridgehead atoms. The normalized spacial score (nSPS) is 9.90. The number of rotatable bonds is 0. The summed E-state index contributed by atoms with van der Waals surface area (Å²) in [6.07, 6.45) is 0. The minimum atomic E-state index is 0.597. The van der Waals surface area contributed by atoms with Gasteiger partial charge in [-0.1, -0.05) is 6.07 Å². The summed E-state index contributed by atoms with van der Waals surface area (Å²) in [7, 11) is 0. The summed E-state index contributed by atoms with van der Waals surface area (Å²) in [6.45, 7) is 0. The summed E-state index contributed by atoms with van der Waals surface area (Å²) in [4.78, 5) is 0. The molecule has 2 rings (SSSR count). The predicted octanol–water partition coefficient (Wildman–Crippen LogP) is 1.32. The molecule has 3 heteroatoms. The third kappa shape index (κ3) is 0.477. The van der Waals surface area contributed by atoms with E-state index in [1.54, 1.807) is 0 Å². The summed E-state index contributed by atoms with van der Waals surface area (Å²) in [5.41, 5.74) is 2.54. The van der Waals surface area contributed by atoms with Gasteiger partial charge in [0, 0.05) is 5.56 Å². The van der Waals surface area contributed by atoms with E-state index in [9.17, 15) is 0 Å². The molecule has 3 nitrogen and oxygen atoms in total. The van der Waals surface area contributed by atoms with Gasteiger partial charge >= 0.3 is 0 Å². The second kappa shape index (κ2) is 1.64. The lowest BCUT2D eigenvalue weighted by atomic mass is 10.2. The predicted molar refractivity (Wildman–Crippen MR) is 36.5 cm³/mol. The van der Waals surface area contributed by atoms with Gasteiger partial charge in [0.15, 0.2) is 0 Å². The molecule has 1 heterocycles. The molecule has 48 valence electrons. The Morgan fingerprint density at radius 1 is 1.30 bits per heavy atom. The van der Waals surface area contributed by atoms with Crippen LogP contribution in [0, 0.1) is 11.3 Å². The number of hydrogen-bond donors (Lipinski definition) is 2. The molecular weight excluding hydrogens is 126 g/mol. The highest BCUT2D eigenvalue weighted by molar-refractivity contribution is 5.67. The van der Waals surface area contributed by atoms with E-state index in [0.29, 0.717) is 5.69 Å². The molecule has 1 aliphatic heterocycles. The Bertz CT molecular complexity index is 349. The van der Waals surface area contributed by atoms with Crippen LogP contribution < -0.4 is 0 Å². The number of H-pyrrole nitrogens is 2. The molecule has 0 radical (unpaired) electrons. The number of nitrogens with one attached hydrogen (secondary N) is 2. The van der Waals surface area contributed by atoms with Gasteiger partial charge in [0.2, 0.25) is 0 Å². The van der Waals surface area contributed by atoms with Crippen molar-refractivity contribution in [3.05, 3.63) is 23.9 Å². The average molecular weight is 131 g/mol. The Balaban J connectivity index is 2.75. The van der Waals surface area contributed by atoms with Crippen molar-refractivity contribution in [2.24, 2.45) is 0 Å². The van der Waals surface area contributed by atoms with Gasteiger partial charge in [-0.3, -0.25) is 10.2 Å². The van der Waals surface area contributed by atoms with Gasteiger partial charge in [-0.2, -0.15) is 5.26 Å². The summed E-state index contributed by atoms with van der Waals surface area (Å²) >= 11 is 0. The van der Waals surface area contributed by atoms with Gasteiger partial charge in [-0.15, -0.1) is 0 Å². The summed E-state index contributed by atoms with van der Waals surface area (Å²) in [5.74, 6) is 0. The molecule has 0 saturated carbocycles. The van der Waals surface area contributed by atoms with Gasteiger partial charge in [-0.25, -0.2) is 0 Å². The largest absolute Gasteiger partial charge is 0.300 e. The zero-order chi connectivity index (χ0) is 6.97. The first-order valence-electron chi connectivity index (χ1n) is 2.97. The third-order valence-electron chi connectivity index (χ3n) is 1.52. The lowest BCUT2D eigenvalue weighted by molar-refractivity contribution is 1.08. The van der Waals surface area contributed by atoms with Crippen molar-refractivity contribution in [2.45, 2.75) is 0 Å². The van der Waals surface area contributed by atoms with E-state index in [-0.39, 0.29) is 0 Å². The first-order chi connectivity index (χ1) is 4.92. The first-order valence-corrected chi connectivity index (χ1v) is 2.97. The van der Waals surface area contributed by atoms with Gasteiger partial charge in [0.1, 0.15) is 11.8 Å². The Kier molecular flexibility index (Phi) is 0.842. The number of nitriles is 1. The van der Waals surface area contributed by atoms with E-state index in [4.69, 9.17) is 5.26 Å². The monoisotopic (exact) mass is 131 g/mol. The molecule has 0 aromatic rings. The van der Waals surface area contributed by atoms with Crippen molar-refractivity contribution in [2.75, 3.05) is 0 Å². The smallest absolute Gasteiger partial charge is 0.141 e. The molecule has 0 aromatic carbocycles. The molecular formula is C7H5N3. The molecule has 1 aliphatic carbocycles. The summed E-state index contributed by atoms with van der Waals surface area (Å²) in [6, 6.07) is 7.79. The fourth-order valence-electron chi connectivity index (χ4n) is 1.03. The molecule has 0 unspecified atom stereocenters. The number of nitrogens with zero attached hydrogens (tertiary/aromatic N) is 1. The van der Waals surface area contributed by atoms with Crippen molar-refractivity contribution in [1.82, 2.24) is 10.2 Å². The maximum atomic E-state index is 8.54. The fraction of sp³-hybridized carbons (Fsp3) is 0. The fourth-order valence-corrected chi connectivity index (χ4v) is 1.03. The molecule has 0 spiro atoms. The number of aromatic nitrogens is 2. The minimum absolute atomic E-state index is 0.597.